The molecule has 1 aromatic rings. The maximum Gasteiger partial charge on any atom is 0.431 e. The number of carbonyl (C=O) groups excluding carboxylic acids is 1. The van der Waals surface area contributed by atoms with Crippen molar-refractivity contribution in [2.75, 3.05) is 6.61 Å². The number of amides is 1. The van der Waals surface area contributed by atoms with E-state index in [-0.39, 0.29) is 6.61 Å². The topological polar surface area (TPSA) is 47.6 Å². The van der Waals surface area contributed by atoms with Crippen LogP contribution < -0.4 is 5.48 Å². The Morgan fingerprint density at radius 1 is 1.22 bits per heavy atom. The zero-order chi connectivity index (χ0) is 13.4. The molecule has 0 saturated carbocycles. The van der Waals surface area contributed by atoms with Crippen molar-refractivity contribution in [1.82, 2.24) is 5.48 Å². The van der Waals surface area contributed by atoms with Crippen molar-refractivity contribution < 1.29 is 27.5 Å². The highest BCUT2D eigenvalue weighted by Gasteiger charge is 2.26. The fourth-order valence-corrected chi connectivity index (χ4v) is 1.03. The Labute approximate surface area is 102 Å². The average molecular weight is 263 g/mol. The van der Waals surface area contributed by atoms with Gasteiger partial charge in [0.2, 0.25) is 0 Å². The summed E-state index contributed by atoms with van der Waals surface area (Å²) in [6.07, 6.45) is -6.37. The summed E-state index contributed by atoms with van der Waals surface area (Å²) < 4.78 is 39.9. The van der Waals surface area contributed by atoms with Crippen LogP contribution in [-0.4, -0.2) is 18.9 Å². The lowest BCUT2D eigenvalue weighted by atomic mass is 10.2. The molecule has 4 nitrogen and oxygen atoms in total. The summed E-state index contributed by atoms with van der Waals surface area (Å²) in [6, 6.07) is 8.85. The van der Waals surface area contributed by atoms with E-state index in [1.54, 1.807) is 29.7 Å². The lowest BCUT2D eigenvalue weighted by Crippen LogP contribution is -2.26. The van der Waals surface area contributed by atoms with Gasteiger partial charge < -0.3 is 4.74 Å². The molecule has 0 aromatic heterocycles. The third-order valence-electron chi connectivity index (χ3n) is 1.86. The minimum Gasteiger partial charge on any atom is -0.443 e. The molecule has 0 aliphatic rings. The Morgan fingerprint density at radius 3 is 2.50 bits per heavy atom. The summed E-state index contributed by atoms with van der Waals surface area (Å²) >= 11 is 0. The fraction of sp³-hybridized carbons (Fsp3) is 0.364. The average Bonchev–Trinajstić information content (AvgIpc) is 2.32. The normalized spacial score (nSPS) is 11.1. The van der Waals surface area contributed by atoms with E-state index >= 15 is 0 Å². The second kappa shape index (κ2) is 6.85. The lowest BCUT2D eigenvalue weighted by Gasteiger charge is -2.08. The highest BCUT2D eigenvalue weighted by Crippen LogP contribution is 2.18. The molecule has 0 aliphatic carbocycles. The molecule has 1 amide bonds. The van der Waals surface area contributed by atoms with E-state index < -0.39 is 25.3 Å². The molecule has 1 N–H and O–H groups in total. The summed E-state index contributed by atoms with van der Waals surface area (Å²) in [4.78, 5) is 15.3. The standard InChI is InChI=1S/C11H12F3NO3/c12-11(13,14)6-7-18-15-10(16)17-8-9-4-2-1-3-5-9/h1-5H,6-8H2,(H,15,16). The molecule has 18 heavy (non-hydrogen) atoms. The number of halogens is 3. The van der Waals surface area contributed by atoms with E-state index in [0.717, 1.165) is 5.56 Å². The first-order valence-electron chi connectivity index (χ1n) is 5.12. The van der Waals surface area contributed by atoms with Gasteiger partial charge in [0.05, 0.1) is 13.0 Å². The Hall–Kier alpha value is -1.76. The summed E-state index contributed by atoms with van der Waals surface area (Å²) in [5.74, 6) is 0. The number of ether oxygens (including phenoxy) is 1. The summed E-state index contributed by atoms with van der Waals surface area (Å²) in [6.45, 7) is -0.626. The number of hydrogen-bond donors (Lipinski definition) is 1. The monoisotopic (exact) mass is 263 g/mol. The number of benzene rings is 1. The molecule has 0 spiro atoms. The molecule has 0 radical (unpaired) electrons. The maximum atomic E-state index is 11.7. The van der Waals surface area contributed by atoms with Gasteiger partial charge in [0, 0.05) is 0 Å². The number of rotatable bonds is 5. The van der Waals surface area contributed by atoms with Crippen molar-refractivity contribution >= 4 is 6.09 Å². The molecule has 0 unspecified atom stereocenters. The SMILES string of the molecule is O=C(NOCCC(F)(F)F)OCc1ccccc1. The van der Waals surface area contributed by atoms with Crippen LogP contribution in [0, 0.1) is 0 Å². The van der Waals surface area contributed by atoms with Crippen LogP contribution in [0.5, 0.6) is 0 Å². The van der Waals surface area contributed by atoms with Crippen molar-refractivity contribution in [2.24, 2.45) is 0 Å². The molecule has 0 atom stereocenters. The van der Waals surface area contributed by atoms with Crippen LogP contribution in [0.4, 0.5) is 18.0 Å². The van der Waals surface area contributed by atoms with Crippen LogP contribution >= 0.6 is 0 Å². The number of hydroxylamine groups is 1. The Kier molecular flexibility index (Phi) is 5.44. The predicted molar refractivity (Wildman–Crippen MR) is 56.4 cm³/mol. The molecule has 0 saturated heterocycles. The molecule has 0 bridgehead atoms. The molecule has 0 fully saturated rings. The van der Waals surface area contributed by atoms with Gasteiger partial charge in [0.1, 0.15) is 6.61 Å². The maximum absolute atomic E-state index is 11.7. The lowest BCUT2D eigenvalue weighted by molar-refractivity contribution is -0.149. The fourth-order valence-electron chi connectivity index (χ4n) is 1.03. The summed E-state index contributed by atoms with van der Waals surface area (Å²) in [7, 11) is 0. The zero-order valence-corrected chi connectivity index (χ0v) is 9.37. The first kappa shape index (κ1) is 14.3. The van der Waals surface area contributed by atoms with Gasteiger partial charge in [-0.15, -0.1) is 0 Å². The van der Waals surface area contributed by atoms with E-state index in [2.05, 4.69) is 4.84 Å². The molecular formula is C11H12F3NO3. The Balaban J connectivity index is 2.11. The van der Waals surface area contributed by atoms with E-state index in [1.807, 2.05) is 6.07 Å². The van der Waals surface area contributed by atoms with Crippen LogP contribution in [0.3, 0.4) is 0 Å². The van der Waals surface area contributed by atoms with Gasteiger partial charge in [-0.2, -0.15) is 18.7 Å². The third-order valence-corrected chi connectivity index (χ3v) is 1.86. The van der Waals surface area contributed by atoms with Crippen LogP contribution in [0.25, 0.3) is 0 Å². The molecule has 0 heterocycles. The van der Waals surface area contributed by atoms with E-state index in [0.29, 0.717) is 0 Å². The number of carbonyl (C=O) groups is 1. The van der Waals surface area contributed by atoms with Crippen molar-refractivity contribution in [3.8, 4) is 0 Å². The largest absolute Gasteiger partial charge is 0.443 e. The van der Waals surface area contributed by atoms with Gasteiger partial charge in [-0.05, 0) is 5.56 Å². The quantitative estimate of drug-likeness (QED) is 0.656. The van der Waals surface area contributed by atoms with Gasteiger partial charge in [-0.25, -0.2) is 4.79 Å². The number of alkyl halides is 3. The first-order valence-corrected chi connectivity index (χ1v) is 5.12. The predicted octanol–water partition coefficient (Wildman–Crippen LogP) is 2.80. The number of hydrogen-bond acceptors (Lipinski definition) is 3. The van der Waals surface area contributed by atoms with Gasteiger partial charge in [0.15, 0.2) is 0 Å². The van der Waals surface area contributed by atoms with E-state index in [4.69, 9.17) is 4.74 Å². The van der Waals surface area contributed by atoms with Crippen LogP contribution in [-0.2, 0) is 16.2 Å². The molecular weight excluding hydrogens is 251 g/mol. The second-order valence-corrected chi connectivity index (χ2v) is 3.38. The third kappa shape index (κ3) is 6.74. The van der Waals surface area contributed by atoms with Crippen molar-refractivity contribution in [3.63, 3.8) is 0 Å². The smallest absolute Gasteiger partial charge is 0.431 e. The number of nitrogens with one attached hydrogen (secondary N) is 1. The van der Waals surface area contributed by atoms with Crippen molar-refractivity contribution in [2.45, 2.75) is 19.2 Å². The summed E-state index contributed by atoms with van der Waals surface area (Å²) in [5.41, 5.74) is 2.53. The van der Waals surface area contributed by atoms with Crippen LogP contribution in [0.15, 0.2) is 30.3 Å². The molecule has 1 rings (SSSR count). The highest BCUT2D eigenvalue weighted by molar-refractivity contribution is 5.65. The Bertz CT molecular complexity index is 368. The molecule has 0 aliphatic heterocycles. The van der Waals surface area contributed by atoms with E-state index in [9.17, 15) is 18.0 Å². The highest BCUT2D eigenvalue weighted by atomic mass is 19.4. The first-order chi connectivity index (χ1) is 8.47. The van der Waals surface area contributed by atoms with Crippen LogP contribution in [0.1, 0.15) is 12.0 Å². The van der Waals surface area contributed by atoms with Gasteiger partial charge in [-0.1, -0.05) is 30.3 Å². The molecule has 100 valence electrons. The molecule has 7 heteroatoms. The van der Waals surface area contributed by atoms with Gasteiger partial charge >= 0.3 is 12.3 Å². The van der Waals surface area contributed by atoms with E-state index in [1.165, 1.54) is 0 Å². The second-order valence-electron chi connectivity index (χ2n) is 3.38. The van der Waals surface area contributed by atoms with Crippen molar-refractivity contribution in [3.05, 3.63) is 35.9 Å². The van der Waals surface area contributed by atoms with Crippen molar-refractivity contribution in [1.29, 1.82) is 0 Å². The zero-order valence-electron chi connectivity index (χ0n) is 9.37. The minimum absolute atomic E-state index is 0.0231. The van der Waals surface area contributed by atoms with Gasteiger partial charge in [0.25, 0.3) is 0 Å². The van der Waals surface area contributed by atoms with Gasteiger partial charge in [-0.3, -0.25) is 4.84 Å². The molecule has 1 aromatic carbocycles. The Morgan fingerprint density at radius 2 is 1.89 bits per heavy atom. The minimum atomic E-state index is -4.31. The summed E-state index contributed by atoms with van der Waals surface area (Å²) in [5, 5.41) is 0. The van der Waals surface area contributed by atoms with Crippen LogP contribution in [0.2, 0.25) is 0 Å².